The number of carbonyl (C=O) groups excluding carboxylic acids is 2. The van der Waals surface area contributed by atoms with Gasteiger partial charge in [-0.25, -0.2) is 4.98 Å². The first kappa shape index (κ1) is 30.1. The van der Waals surface area contributed by atoms with E-state index in [4.69, 9.17) is 5.26 Å². The van der Waals surface area contributed by atoms with E-state index < -0.39 is 6.04 Å². The lowest BCUT2D eigenvalue weighted by Gasteiger charge is -2.34. The topological polar surface area (TPSA) is 126 Å². The van der Waals surface area contributed by atoms with Crippen molar-refractivity contribution in [3.8, 4) is 17.9 Å². The fourth-order valence-electron chi connectivity index (χ4n) is 3.87. The molecule has 0 radical (unpaired) electrons. The highest BCUT2D eigenvalue weighted by atomic mass is 16.2. The van der Waals surface area contributed by atoms with Crippen molar-refractivity contribution < 1.29 is 9.59 Å². The third kappa shape index (κ3) is 8.82. The van der Waals surface area contributed by atoms with E-state index in [1.165, 1.54) is 11.0 Å². The summed E-state index contributed by atoms with van der Waals surface area (Å²) in [5.74, 6) is 7.38. The number of nitrogens with zero attached hydrogens (tertiary/aromatic N) is 5. The Hall–Kier alpha value is -4.41. The lowest BCUT2D eigenvalue weighted by Crippen LogP contribution is -2.51. The summed E-state index contributed by atoms with van der Waals surface area (Å²) in [5, 5.41) is 18.5. The summed E-state index contributed by atoms with van der Waals surface area (Å²) in [6.07, 6.45) is 7.42. The van der Waals surface area contributed by atoms with Crippen LogP contribution in [0.2, 0.25) is 0 Å². The SMILES string of the molecule is CCCNc1nc(Nc2ccc(C#N)cc2)ncc1C#C[C@H]1C[C@@H](NC(=O)[C@H](C)N(C)C(=O)/C=C/CN(C)C)C1. The molecule has 3 rings (SSSR count). The molecular weight excluding hydrogens is 504 g/mol. The summed E-state index contributed by atoms with van der Waals surface area (Å²) in [5.41, 5.74) is 2.08. The summed E-state index contributed by atoms with van der Waals surface area (Å²) >= 11 is 0. The number of hydrogen-bond acceptors (Lipinski definition) is 8. The van der Waals surface area contributed by atoms with Gasteiger partial charge in [-0.15, -0.1) is 0 Å². The zero-order chi connectivity index (χ0) is 29.1. The Labute approximate surface area is 236 Å². The molecule has 0 aliphatic heterocycles. The van der Waals surface area contributed by atoms with Crippen LogP contribution < -0.4 is 16.0 Å². The number of nitrogens with one attached hydrogen (secondary N) is 3. The first-order valence-corrected chi connectivity index (χ1v) is 13.5. The fraction of sp³-hybridized carbons (Fsp3) is 0.433. The van der Waals surface area contributed by atoms with Crippen LogP contribution in [0.3, 0.4) is 0 Å². The van der Waals surface area contributed by atoms with E-state index in [-0.39, 0.29) is 23.8 Å². The quantitative estimate of drug-likeness (QED) is 0.292. The monoisotopic (exact) mass is 542 g/mol. The van der Waals surface area contributed by atoms with Gasteiger partial charge in [-0.3, -0.25) is 9.59 Å². The second-order valence-corrected chi connectivity index (χ2v) is 10.1. The lowest BCUT2D eigenvalue weighted by molar-refractivity contribution is -0.135. The Morgan fingerprint density at radius 2 is 1.93 bits per heavy atom. The molecule has 1 fully saturated rings. The number of amides is 2. The molecule has 0 bridgehead atoms. The van der Waals surface area contributed by atoms with Crippen LogP contribution in [0, 0.1) is 29.1 Å². The van der Waals surface area contributed by atoms with Gasteiger partial charge in [0.1, 0.15) is 11.9 Å². The Bertz CT molecular complexity index is 1300. The Morgan fingerprint density at radius 3 is 2.58 bits per heavy atom. The van der Waals surface area contributed by atoms with Crippen LogP contribution in [0.15, 0.2) is 42.6 Å². The number of carbonyl (C=O) groups is 2. The number of likely N-dealkylation sites (N-methyl/N-ethyl adjacent to an activating group) is 2. The first-order chi connectivity index (χ1) is 19.2. The van der Waals surface area contributed by atoms with Gasteiger partial charge in [0, 0.05) is 43.9 Å². The second-order valence-electron chi connectivity index (χ2n) is 10.1. The number of hydrogen-bond donors (Lipinski definition) is 3. The molecule has 2 aromatic rings. The molecule has 1 aromatic carbocycles. The van der Waals surface area contributed by atoms with Crippen molar-refractivity contribution in [2.45, 2.75) is 45.2 Å². The minimum absolute atomic E-state index is 0.0370. The number of benzene rings is 1. The lowest BCUT2D eigenvalue weighted by atomic mass is 9.80. The van der Waals surface area contributed by atoms with Crippen molar-refractivity contribution in [2.75, 3.05) is 44.9 Å². The number of rotatable bonds is 11. The highest BCUT2D eigenvalue weighted by Gasteiger charge is 2.31. The van der Waals surface area contributed by atoms with Crippen LogP contribution >= 0.6 is 0 Å². The second kappa shape index (κ2) is 14.7. The van der Waals surface area contributed by atoms with Gasteiger partial charge in [0.05, 0.1) is 23.4 Å². The van der Waals surface area contributed by atoms with Gasteiger partial charge in [-0.1, -0.05) is 24.8 Å². The Morgan fingerprint density at radius 1 is 1.20 bits per heavy atom. The molecule has 10 heteroatoms. The van der Waals surface area contributed by atoms with Crippen molar-refractivity contribution in [1.29, 1.82) is 5.26 Å². The van der Waals surface area contributed by atoms with Gasteiger partial charge in [-0.2, -0.15) is 10.2 Å². The Balaban J connectivity index is 1.55. The molecule has 1 aliphatic carbocycles. The van der Waals surface area contributed by atoms with Gasteiger partial charge < -0.3 is 25.8 Å². The zero-order valence-corrected chi connectivity index (χ0v) is 23.9. The predicted octanol–water partition coefficient (Wildman–Crippen LogP) is 3.12. The van der Waals surface area contributed by atoms with E-state index in [2.05, 4.69) is 50.8 Å². The molecule has 40 heavy (non-hydrogen) atoms. The molecule has 1 aliphatic rings. The minimum atomic E-state index is -0.567. The van der Waals surface area contributed by atoms with Crippen LogP contribution in [-0.4, -0.2) is 77.9 Å². The number of aromatic nitrogens is 2. The van der Waals surface area contributed by atoms with Crippen molar-refractivity contribution in [3.63, 3.8) is 0 Å². The van der Waals surface area contributed by atoms with Crippen LogP contribution in [0.5, 0.6) is 0 Å². The van der Waals surface area contributed by atoms with Gasteiger partial charge in [0.25, 0.3) is 0 Å². The molecule has 1 aromatic heterocycles. The molecule has 1 heterocycles. The van der Waals surface area contributed by atoms with Crippen molar-refractivity contribution in [1.82, 2.24) is 25.1 Å². The van der Waals surface area contributed by atoms with E-state index in [0.29, 0.717) is 29.4 Å². The van der Waals surface area contributed by atoms with Gasteiger partial charge in [-0.05, 0) is 64.5 Å². The van der Waals surface area contributed by atoms with Crippen LogP contribution in [-0.2, 0) is 9.59 Å². The van der Waals surface area contributed by atoms with Gasteiger partial charge in [0.2, 0.25) is 17.8 Å². The van der Waals surface area contributed by atoms with Crippen LogP contribution in [0.25, 0.3) is 0 Å². The average Bonchev–Trinajstić information content (AvgIpc) is 2.92. The zero-order valence-electron chi connectivity index (χ0n) is 23.9. The largest absolute Gasteiger partial charge is 0.369 e. The maximum Gasteiger partial charge on any atom is 0.246 e. The van der Waals surface area contributed by atoms with Crippen molar-refractivity contribution >= 4 is 29.3 Å². The molecule has 3 N–H and O–H groups in total. The fourth-order valence-corrected chi connectivity index (χ4v) is 3.87. The highest BCUT2D eigenvalue weighted by Crippen LogP contribution is 2.27. The molecule has 1 atom stereocenters. The third-order valence-corrected chi connectivity index (χ3v) is 6.54. The third-order valence-electron chi connectivity index (χ3n) is 6.54. The summed E-state index contributed by atoms with van der Waals surface area (Å²) < 4.78 is 0. The molecule has 210 valence electrons. The smallest absolute Gasteiger partial charge is 0.246 e. The highest BCUT2D eigenvalue weighted by molar-refractivity contribution is 5.92. The normalized spacial score (nSPS) is 16.7. The molecule has 0 unspecified atom stereocenters. The maximum atomic E-state index is 12.7. The van der Waals surface area contributed by atoms with Gasteiger partial charge >= 0.3 is 0 Å². The molecule has 0 saturated heterocycles. The first-order valence-electron chi connectivity index (χ1n) is 13.5. The van der Waals surface area contributed by atoms with Crippen molar-refractivity contribution in [3.05, 3.63) is 53.7 Å². The molecule has 2 amide bonds. The van der Waals surface area contributed by atoms with E-state index in [9.17, 15) is 9.59 Å². The Kier molecular flexibility index (Phi) is 11.0. The summed E-state index contributed by atoms with van der Waals surface area (Å²) in [6.45, 7) is 5.22. The number of anilines is 3. The molecule has 0 spiro atoms. The molecule has 10 nitrogen and oxygen atoms in total. The summed E-state index contributed by atoms with van der Waals surface area (Å²) in [6, 6.07) is 8.65. The molecule has 1 saturated carbocycles. The van der Waals surface area contributed by atoms with Crippen LogP contribution in [0.4, 0.5) is 17.5 Å². The van der Waals surface area contributed by atoms with Crippen molar-refractivity contribution in [2.24, 2.45) is 5.92 Å². The predicted molar refractivity (Wildman–Crippen MR) is 157 cm³/mol. The summed E-state index contributed by atoms with van der Waals surface area (Å²) in [7, 11) is 5.49. The van der Waals surface area contributed by atoms with E-state index >= 15 is 0 Å². The molecular formula is C30H38N8O2. The standard InChI is InChI=1S/C30H38N8O2/c1-6-15-32-28-24(20-33-30(36-28)35-25-13-10-22(19-31)11-14-25)12-9-23-17-26(18-23)34-29(40)21(2)38(5)27(39)8-7-16-37(3)4/h7-8,10-11,13-14,20-21,23,26H,6,15-18H2,1-5H3,(H,34,40)(H2,32,33,35,36)/b8-7+/t21-,23-,26+/m0/s1. The summed E-state index contributed by atoms with van der Waals surface area (Å²) in [4.78, 5) is 37.4. The number of nitriles is 1. The van der Waals surface area contributed by atoms with E-state index in [1.54, 1.807) is 50.5 Å². The maximum absolute atomic E-state index is 12.7. The van der Waals surface area contributed by atoms with E-state index in [0.717, 1.165) is 31.5 Å². The van der Waals surface area contributed by atoms with Gasteiger partial charge in [0.15, 0.2) is 0 Å². The average molecular weight is 543 g/mol. The minimum Gasteiger partial charge on any atom is -0.369 e. The van der Waals surface area contributed by atoms with E-state index in [1.807, 2.05) is 19.0 Å². The van der Waals surface area contributed by atoms with Crippen LogP contribution in [0.1, 0.15) is 44.2 Å².